The van der Waals surface area contributed by atoms with Gasteiger partial charge in [-0.1, -0.05) is 0 Å². The van der Waals surface area contributed by atoms with Crippen molar-refractivity contribution < 1.29 is 39.2 Å². The highest BCUT2D eigenvalue weighted by Crippen LogP contribution is 2.17. The van der Waals surface area contributed by atoms with Crippen molar-refractivity contribution in [2.24, 2.45) is 0 Å². The van der Waals surface area contributed by atoms with Gasteiger partial charge in [-0.05, 0) is 0 Å². The van der Waals surface area contributed by atoms with Gasteiger partial charge in [-0.2, -0.15) is 0 Å². The van der Waals surface area contributed by atoms with Crippen molar-refractivity contribution in [3.05, 3.63) is 0 Å². The lowest BCUT2D eigenvalue weighted by molar-refractivity contribution is -0.174. The third-order valence-corrected chi connectivity index (χ3v) is 1.83. The van der Waals surface area contributed by atoms with Crippen LogP contribution in [0.15, 0.2) is 0 Å². The van der Waals surface area contributed by atoms with E-state index in [0.717, 1.165) is 0 Å². The molecule has 0 aliphatic rings. The van der Waals surface area contributed by atoms with Crippen LogP contribution in [-0.2, 0) is 23.9 Å². The molecule has 96 valence electrons. The highest BCUT2D eigenvalue weighted by atomic mass is 35.5. The van der Waals surface area contributed by atoms with Crippen LogP contribution in [0.4, 0.5) is 0 Å². The molecule has 8 nitrogen and oxygen atoms in total. The van der Waals surface area contributed by atoms with Crippen molar-refractivity contribution in [3.8, 4) is 0 Å². The van der Waals surface area contributed by atoms with Crippen LogP contribution < -0.4 is 0 Å². The maximum atomic E-state index is 11.0. The lowest BCUT2D eigenvalue weighted by Gasteiger charge is -2.19. The molecule has 0 amide bonds. The summed E-state index contributed by atoms with van der Waals surface area (Å²) in [6.45, 7) is 0. The van der Waals surface area contributed by atoms with Crippen LogP contribution in [0.25, 0.3) is 0 Å². The Kier molecular flexibility index (Phi) is 5.56. The second-order valence-corrected chi connectivity index (χ2v) is 3.33. The minimum absolute atomic E-state index is 0.629. The van der Waals surface area contributed by atoms with E-state index in [2.05, 4.69) is 4.74 Å². The summed E-state index contributed by atoms with van der Waals surface area (Å²) in [5.41, 5.74) is -2.82. The van der Waals surface area contributed by atoms with Gasteiger partial charge in [0.2, 0.25) is 0 Å². The number of ether oxygens (including phenoxy) is 1. The van der Waals surface area contributed by atoms with E-state index in [1.807, 2.05) is 0 Å². The SMILES string of the molecule is O=C(O)CC(O)(CC(=O)OC(=O)CCl)C(=O)O. The fourth-order valence-electron chi connectivity index (χ4n) is 0.893. The molecule has 0 aromatic carbocycles. The van der Waals surface area contributed by atoms with Gasteiger partial charge in [-0.15, -0.1) is 11.6 Å². The van der Waals surface area contributed by atoms with E-state index in [1.54, 1.807) is 0 Å². The van der Waals surface area contributed by atoms with Crippen molar-refractivity contribution in [1.29, 1.82) is 0 Å². The van der Waals surface area contributed by atoms with Crippen molar-refractivity contribution >= 4 is 35.5 Å². The molecule has 0 spiro atoms. The topological polar surface area (TPSA) is 138 Å². The predicted octanol–water partition coefficient (Wildman–Crippen LogP) is -1.02. The molecule has 0 aromatic heterocycles. The molecule has 0 heterocycles. The number of aliphatic hydroxyl groups is 1. The van der Waals surface area contributed by atoms with E-state index in [-0.39, 0.29) is 0 Å². The molecule has 0 bridgehead atoms. The van der Waals surface area contributed by atoms with Gasteiger partial charge in [-0.3, -0.25) is 14.4 Å². The summed E-state index contributed by atoms with van der Waals surface area (Å²) < 4.78 is 4.00. The van der Waals surface area contributed by atoms with E-state index < -0.39 is 48.2 Å². The quantitative estimate of drug-likeness (QED) is 0.316. The Labute approximate surface area is 99.7 Å². The molecule has 17 heavy (non-hydrogen) atoms. The van der Waals surface area contributed by atoms with Gasteiger partial charge in [0.15, 0.2) is 5.60 Å². The fourth-order valence-corrected chi connectivity index (χ4v) is 0.948. The molecule has 9 heteroatoms. The van der Waals surface area contributed by atoms with E-state index in [9.17, 15) is 24.3 Å². The van der Waals surface area contributed by atoms with Gasteiger partial charge in [0.1, 0.15) is 5.88 Å². The van der Waals surface area contributed by atoms with Gasteiger partial charge >= 0.3 is 23.9 Å². The molecule has 0 aromatic rings. The van der Waals surface area contributed by atoms with Crippen LogP contribution in [0, 0.1) is 0 Å². The molecule has 0 aliphatic heterocycles. The van der Waals surface area contributed by atoms with Crippen molar-refractivity contribution in [2.45, 2.75) is 18.4 Å². The number of carboxylic acids is 2. The lowest BCUT2D eigenvalue weighted by atomic mass is 9.96. The molecular formula is C8H9ClO8. The zero-order chi connectivity index (χ0) is 13.6. The summed E-state index contributed by atoms with van der Waals surface area (Å²) in [6, 6.07) is 0. The zero-order valence-corrected chi connectivity index (χ0v) is 9.14. The number of aliphatic carboxylic acids is 2. The molecule has 0 aliphatic carbocycles. The number of hydrogen-bond donors (Lipinski definition) is 3. The Morgan fingerprint density at radius 3 is 1.94 bits per heavy atom. The third-order valence-electron chi connectivity index (χ3n) is 1.62. The number of rotatable bonds is 6. The van der Waals surface area contributed by atoms with Gasteiger partial charge in [0, 0.05) is 0 Å². The second-order valence-electron chi connectivity index (χ2n) is 3.06. The minimum atomic E-state index is -2.82. The first-order valence-corrected chi connectivity index (χ1v) is 4.72. The molecular weight excluding hydrogens is 260 g/mol. The number of alkyl halides is 1. The van der Waals surface area contributed by atoms with Crippen molar-refractivity contribution in [2.75, 3.05) is 5.88 Å². The molecule has 1 atom stereocenters. The first kappa shape index (κ1) is 15.3. The molecule has 0 rings (SSSR count). The van der Waals surface area contributed by atoms with Crippen LogP contribution in [0.1, 0.15) is 12.8 Å². The van der Waals surface area contributed by atoms with E-state index in [0.29, 0.717) is 0 Å². The van der Waals surface area contributed by atoms with Crippen LogP contribution in [0.5, 0.6) is 0 Å². The summed E-state index contributed by atoms with van der Waals surface area (Å²) in [6.07, 6.45) is -2.37. The number of carboxylic acid groups (broad SMARTS) is 2. The summed E-state index contributed by atoms with van der Waals surface area (Å²) in [5, 5.41) is 26.4. The monoisotopic (exact) mass is 268 g/mol. The first-order chi connectivity index (χ1) is 7.71. The second kappa shape index (κ2) is 6.16. The average molecular weight is 269 g/mol. The Balaban J connectivity index is 4.66. The molecule has 1 unspecified atom stereocenters. The summed E-state index contributed by atoms with van der Waals surface area (Å²) in [4.78, 5) is 42.5. The zero-order valence-electron chi connectivity index (χ0n) is 8.38. The highest BCUT2D eigenvalue weighted by molar-refractivity contribution is 6.27. The molecule has 0 fully saturated rings. The highest BCUT2D eigenvalue weighted by Gasteiger charge is 2.41. The number of halogens is 1. The molecule has 0 radical (unpaired) electrons. The Morgan fingerprint density at radius 1 is 1.06 bits per heavy atom. The summed E-state index contributed by atoms with van der Waals surface area (Å²) in [7, 11) is 0. The Morgan fingerprint density at radius 2 is 1.59 bits per heavy atom. The number of carbonyl (C=O) groups is 4. The molecule has 0 saturated heterocycles. The maximum absolute atomic E-state index is 11.0. The summed E-state index contributed by atoms with van der Waals surface area (Å²) in [5.74, 6) is -6.65. The maximum Gasteiger partial charge on any atom is 0.336 e. The Bertz CT molecular complexity index is 351. The van der Waals surface area contributed by atoms with Gasteiger partial charge < -0.3 is 20.1 Å². The van der Waals surface area contributed by atoms with Gasteiger partial charge in [0.25, 0.3) is 0 Å². The predicted molar refractivity (Wildman–Crippen MR) is 51.3 cm³/mol. The van der Waals surface area contributed by atoms with Gasteiger partial charge in [-0.25, -0.2) is 4.79 Å². The van der Waals surface area contributed by atoms with Crippen molar-refractivity contribution in [1.82, 2.24) is 0 Å². The molecule has 0 saturated carbocycles. The largest absolute Gasteiger partial charge is 0.481 e. The summed E-state index contributed by atoms with van der Waals surface area (Å²) >= 11 is 5.01. The number of esters is 2. The van der Waals surface area contributed by atoms with E-state index in [1.165, 1.54) is 0 Å². The van der Waals surface area contributed by atoms with Crippen molar-refractivity contribution in [3.63, 3.8) is 0 Å². The fraction of sp³-hybridized carbons (Fsp3) is 0.500. The standard InChI is InChI=1S/C8H9ClO8/c9-3-6(13)17-5(12)2-8(16,7(14)15)1-4(10)11/h16H,1-3H2,(H,10,11)(H,14,15). The first-order valence-electron chi connectivity index (χ1n) is 4.18. The van der Waals surface area contributed by atoms with Crippen LogP contribution in [0.2, 0.25) is 0 Å². The third kappa shape index (κ3) is 5.27. The molecule has 3 N–H and O–H groups in total. The van der Waals surface area contributed by atoms with Gasteiger partial charge in [0.05, 0.1) is 12.8 Å². The van der Waals surface area contributed by atoms with Crippen LogP contribution >= 0.6 is 11.6 Å². The van der Waals surface area contributed by atoms with Crippen LogP contribution in [-0.4, -0.2) is 50.7 Å². The minimum Gasteiger partial charge on any atom is -0.481 e. The number of hydrogen-bond acceptors (Lipinski definition) is 6. The van der Waals surface area contributed by atoms with E-state index in [4.69, 9.17) is 21.8 Å². The normalized spacial score (nSPS) is 13.5. The van der Waals surface area contributed by atoms with E-state index >= 15 is 0 Å². The van der Waals surface area contributed by atoms with Crippen LogP contribution in [0.3, 0.4) is 0 Å². The number of carbonyl (C=O) groups excluding carboxylic acids is 2. The lowest BCUT2D eigenvalue weighted by Crippen LogP contribution is -2.43. The smallest absolute Gasteiger partial charge is 0.336 e. The average Bonchev–Trinajstić information content (AvgIpc) is 2.15. The Hall–Kier alpha value is -1.67.